The number of fused-ring (bicyclic) bond motifs is 1. The molecule has 1 saturated heterocycles. The Labute approximate surface area is 134 Å². The molecular formula is C17H20N4S. The van der Waals surface area contributed by atoms with E-state index < -0.39 is 0 Å². The van der Waals surface area contributed by atoms with Crippen molar-refractivity contribution >= 4 is 22.5 Å². The van der Waals surface area contributed by atoms with Crippen molar-refractivity contribution in [2.75, 3.05) is 13.1 Å². The van der Waals surface area contributed by atoms with E-state index in [4.69, 9.17) is 4.98 Å². The average molecular weight is 312 g/mol. The second kappa shape index (κ2) is 6.18. The molecule has 0 saturated carbocycles. The normalized spacial score (nSPS) is 18.8. The number of thiophene rings is 1. The van der Waals surface area contributed by atoms with Gasteiger partial charge in [0.2, 0.25) is 0 Å². The molecule has 1 fully saturated rings. The van der Waals surface area contributed by atoms with Crippen molar-refractivity contribution in [2.24, 2.45) is 5.92 Å². The standard InChI is InChI=1S/C17H20N4S/c1-4-13(11-18-7-1)10-16-20-15-6-2-8-19-17(15)21(16)12-14-5-3-9-22-14/h2-3,5-6,8-9,13,18H,1,4,7,10-12H2. The van der Waals surface area contributed by atoms with Crippen molar-refractivity contribution in [3.8, 4) is 0 Å². The Hall–Kier alpha value is -1.72. The van der Waals surface area contributed by atoms with Crippen molar-refractivity contribution < 1.29 is 0 Å². The van der Waals surface area contributed by atoms with Crippen LogP contribution in [-0.4, -0.2) is 27.6 Å². The molecule has 0 aromatic carbocycles. The van der Waals surface area contributed by atoms with E-state index in [2.05, 4.69) is 38.4 Å². The molecule has 1 aliphatic heterocycles. The van der Waals surface area contributed by atoms with Crippen molar-refractivity contribution in [1.82, 2.24) is 19.9 Å². The minimum atomic E-state index is 0.688. The van der Waals surface area contributed by atoms with Gasteiger partial charge < -0.3 is 9.88 Å². The van der Waals surface area contributed by atoms with E-state index in [1.807, 2.05) is 12.3 Å². The Morgan fingerprint density at radius 1 is 1.32 bits per heavy atom. The summed E-state index contributed by atoms with van der Waals surface area (Å²) in [6, 6.07) is 8.33. The van der Waals surface area contributed by atoms with Crippen LogP contribution in [0, 0.1) is 5.92 Å². The summed E-state index contributed by atoms with van der Waals surface area (Å²) < 4.78 is 2.30. The van der Waals surface area contributed by atoms with Gasteiger partial charge in [-0.25, -0.2) is 9.97 Å². The molecule has 4 heterocycles. The van der Waals surface area contributed by atoms with E-state index in [-0.39, 0.29) is 0 Å². The van der Waals surface area contributed by atoms with E-state index in [1.165, 1.54) is 23.5 Å². The number of hydrogen-bond donors (Lipinski definition) is 1. The monoisotopic (exact) mass is 312 g/mol. The highest BCUT2D eigenvalue weighted by atomic mass is 32.1. The van der Waals surface area contributed by atoms with Gasteiger partial charge in [0.1, 0.15) is 11.3 Å². The van der Waals surface area contributed by atoms with Gasteiger partial charge in [-0.15, -0.1) is 11.3 Å². The SMILES string of the molecule is c1csc(Cn2c(CC3CCCNC3)nc3cccnc32)c1. The number of hydrogen-bond acceptors (Lipinski definition) is 4. The summed E-state index contributed by atoms with van der Waals surface area (Å²) in [4.78, 5) is 10.8. The molecule has 0 radical (unpaired) electrons. The fourth-order valence-electron chi connectivity index (χ4n) is 3.24. The molecule has 4 nitrogen and oxygen atoms in total. The number of piperidine rings is 1. The molecule has 114 valence electrons. The molecule has 3 aromatic heterocycles. The van der Waals surface area contributed by atoms with Gasteiger partial charge in [-0.1, -0.05) is 6.07 Å². The zero-order chi connectivity index (χ0) is 14.8. The molecule has 4 rings (SSSR count). The Kier molecular flexibility index (Phi) is 3.91. The van der Waals surface area contributed by atoms with Gasteiger partial charge in [0.05, 0.1) is 6.54 Å². The summed E-state index contributed by atoms with van der Waals surface area (Å²) in [5.41, 5.74) is 2.02. The highest BCUT2D eigenvalue weighted by Crippen LogP contribution is 2.22. The Morgan fingerprint density at radius 3 is 3.14 bits per heavy atom. The van der Waals surface area contributed by atoms with E-state index in [0.29, 0.717) is 5.92 Å². The van der Waals surface area contributed by atoms with Crippen LogP contribution in [0.1, 0.15) is 23.5 Å². The Morgan fingerprint density at radius 2 is 2.32 bits per heavy atom. The molecule has 0 aliphatic carbocycles. The Balaban J connectivity index is 1.69. The fourth-order valence-corrected chi connectivity index (χ4v) is 3.93. The largest absolute Gasteiger partial charge is 0.316 e. The number of imidazole rings is 1. The molecule has 0 spiro atoms. The third kappa shape index (κ3) is 2.78. The van der Waals surface area contributed by atoms with Gasteiger partial charge in [0.25, 0.3) is 0 Å². The quantitative estimate of drug-likeness (QED) is 0.805. The lowest BCUT2D eigenvalue weighted by Crippen LogP contribution is -2.31. The van der Waals surface area contributed by atoms with Crippen LogP contribution in [0.2, 0.25) is 0 Å². The number of nitrogens with zero attached hydrogens (tertiary/aromatic N) is 3. The molecule has 1 aliphatic rings. The second-order valence-corrected chi connectivity index (χ2v) is 6.99. The van der Waals surface area contributed by atoms with Gasteiger partial charge >= 0.3 is 0 Å². The van der Waals surface area contributed by atoms with Crippen LogP contribution >= 0.6 is 11.3 Å². The number of rotatable bonds is 4. The van der Waals surface area contributed by atoms with Gasteiger partial charge in [-0.05, 0) is 55.4 Å². The van der Waals surface area contributed by atoms with Gasteiger partial charge in [0.15, 0.2) is 5.65 Å². The highest BCUT2D eigenvalue weighted by Gasteiger charge is 2.19. The zero-order valence-electron chi connectivity index (χ0n) is 12.5. The first-order valence-electron chi connectivity index (χ1n) is 7.93. The van der Waals surface area contributed by atoms with Crippen LogP contribution < -0.4 is 5.32 Å². The highest BCUT2D eigenvalue weighted by molar-refractivity contribution is 7.09. The first-order chi connectivity index (χ1) is 10.9. The number of pyridine rings is 1. The molecule has 0 amide bonds. The third-order valence-corrected chi connectivity index (χ3v) is 5.21. The average Bonchev–Trinajstić information content (AvgIpc) is 3.18. The smallest absolute Gasteiger partial charge is 0.160 e. The maximum absolute atomic E-state index is 4.86. The minimum absolute atomic E-state index is 0.688. The van der Waals surface area contributed by atoms with Gasteiger partial charge in [-0.2, -0.15) is 0 Å². The summed E-state index contributed by atoms with van der Waals surface area (Å²) in [7, 11) is 0. The summed E-state index contributed by atoms with van der Waals surface area (Å²) in [5, 5.41) is 5.63. The third-order valence-electron chi connectivity index (χ3n) is 4.35. The Bertz CT molecular complexity index is 741. The van der Waals surface area contributed by atoms with E-state index >= 15 is 0 Å². The zero-order valence-corrected chi connectivity index (χ0v) is 13.4. The van der Waals surface area contributed by atoms with Crippen LogP contribution in [-0.2, 0) is 13.0 Å². The molecular weight excluding hydrogens is 292 g/mol. The van der Waals surface area contributed by atoms with Crippen LogP contribution in [0.25, 0.3) is 11.2 Å². The predicted molar refractivity (Wildman–Crippen MR) is 90.2 cm³/mol. The molecule has 1 N–H and O–H groups in total. The molecule has 3 aromatic rings. The van der Waals surface area contributed by atoms with Crippen molar-refractivity contribution in [3.63, 3.8) is 0 Å². The molecule has 5 heteroatoms. The molecule has 22 heavy (non-hydrogen) atoms. The molecule has 1 atom stereocenters. The summed E-state index contributed by atoms with van der Waals surface area (Å²) >= 11 is 1.80. The maximum atomic E-state index is 4.86. The van der Waals surface area contributed by atoms with E-state index in [0.717, 1.165) is 37.2 Å². The summed E-state index contributed by atoms with van der Waals surface area (Å²) in [6.07, 6.45) is 5.46. The summed E-state index contributed by atoms with van der Waals surface area (Å²) in [5.74, 6) is 1.86. The van der Waals surface area contributed by atoms with E-state index in [9.17, 15) is 0 Å². The first-order valence-corrected chi connectivity index (χ1v) is 8.81. The van der Waals surface area contributed by atoms with Crippen LogP contribution in [0.15, 0.2) is 35.8 Å². The fraction of sp³-hybridized carbons (Fsp3) is 0.412. The van der Waals surface area contributed by atoms with Crippen molar-refractivity contribution in [3.05, 3.63) is 46.5 Å². The minimum Gasteiger partial charge on any atom is -0.316 e. The van der Waals surface area contributed by atoms with Crippen LogP contribution in [0.4, 0.5) is 0 Å². The molecule has 0 bridgehead atoms. The van der Waals surface area contributed by atoms with E-state index in [1.54, 1.807) is 11.3 Å². The van der Waals surface area contributed by atoms with Crippen molar-refractivity contribution in [1.29, 1.82) is 0 Å². The number of aromatic nitrogens is 3. The first kappa shape index (κ1) is 13.9. The predicted octanol–water partition coefficient (Wildman–Crippen LogP) is 3.08. The second-order valence-electron chi connectivity index (χ2n) is 5.96. The number of nitrogens with one attached hydrogen (secondary N) is 1. The van der Waals surface area contributed by atoms with Crippen LogP contribution in [0.5, 0.6) is 0 Å². The maximum Gasteiger partial charge on any atom is 0.160 e. The van der Waals surface area contributed by atoms with Gasteiger partial charge in [-0.3, -0.25) is 0 Å². The van der Waals surface area contributed by atoms with Gasteiger partial charge in [0, 0.05) is 17.5 Å². The molecule has 1 unspecified atom stereocenters. The topological polar surface area (TPSA) is 42.7 Å². The lowest BCUT2D eigenvalue weighted by molar-refractivity contribution is 0.368. The lowest BCUT2D eigenvalue weighted by Gasteiger charge is -2.22. The van der Waals surface area contributed by atoms with Crippen molar-refractivity contribution in [2.45, 2.75) is 25.8 Å². The lowest BCUT2D eigenvalue weighted by atomic mass is 9.96. The van der Waals surface area contributed by atoms with Crippen LogP contribution in [0.3, 0.4) is 0 Å². The summed E-state index contributed by atoms with van der Waals surface area (Å²) in [6.45, 7) is 3.14.